The van der Waals surface area contributed by atoms with Crippen LogP contribution >= 0.6 is 0 Å². The Labute approximate surface area is 121 Å². The second-order valence-corrected chi connectivity index (χ2v) is 5.93. The molecule has 2 atom stereocenters. The van der Waals surface area contributed by atoms with Gasteiger partial charge in [0.15, 0.2) is 5.69 Å². The van der Waals surface area contributed by atoms with Crippen molar-refractivity contribution in [3.63, 3.8) is 0 Å². The number of fused-ring (bicyclic) bond motifs is 2. The van der Waals surface area contributed by atoms with Gasteiger partial charge in [0.2, 0.25) is 0 Å². The Balaban J connectivity index is 1.55. The maximum absolute atomic E-state index is 12.6. The molecule has 0 N–H and O–H groups in total. The molecular formula is C14H17N5O2. The molecule has 2 saturated heterocycles. The third kappa shape index (κ3) is 2.03. The van der Waals surface area contributed by atoms with E-state index in [1.807, 2.05) is 15.8 Å². The van der Waals surface area contributed by atoms with Crippen molar-refractivity contribution in [2.45, 2.75) is 50.7 Å². The summed E-state index contributed by atoms with van der Waals surface area (Å²) in [6, 6.07) is 2.59. The Bertz CT molecular complexity index is 636. The second-order valence-electron chi connectivity index (χ2n) is 5.93. The highest BCUT2D eigenvalue weighted by Gasteiger charge is 2.44. The van der Waals surface area contributed by atoms with Gasteiger partial charge in [-0.25, -0.2) is 4.68 Å². The van der Waals surface area contributed by atoms with Crippen LogP contribution in [0.5, 0.6) is 0 Å². The summed E-state index contributed by atoms with van der Waals surface area (Å²) < 4.78 is 6.95. The summed E-state index contributed by atoms with van der Waals surface area (Å²) >= 11 is 0. The largest absolute Gasteiger partial charge is 0.361 e. The highest BCUT2D eigenvalue weighted by Crippen LogP contribution is 2.41. The van der Waals surface area contributed by atoms with Gasteiger partial charge in [-0.15, -0.1) is 5.10 Å². The normalized spacial score (nSPS) is 28.0. The molecule has 2 aliphatic rings. The minimum absolute atomic E-state index is 0.00334. The van der Waals surface area contributed by atoms with Crippen molar-refractivity contribution in [1.82, 2.24) is 25.1 Å². The van der Waals surface area contributed by atoms with E-state index in [9.17, 15) is 4.79 Å². The molecule has 4 rings (SSSR count). The first-order chi connectivity index (χ1) is 10.2. The molecule has 2 fully saturated rings. The van der Waals surface area contributed by atoms with E-state index in [-0.39, 0.29) is 18.0 Å². The molecule has 0 spiro atoms. The third-order valence-corrected chi connectivity index (χ3v) is 4.60. The lowest BCUT2D eigenvalue weighted by atomic mass is 9.97. The number of piperidine rings is 1. The van der Waals surface area contributed by atoms with Gasteiger partial charge in [0.25, 0.3) is 5.91 Å². The van der Waals surface area contributed by atoms with Gasteiger partial charge >= 0.3 is 0 Å². The van der Waals surface area contributed by atoms with Gasteiger partial charge < -0.3 is 9.42 Å². The van der Waals surface area contributed by atoms with E-state index in [4.69, 9.17) is 4.52 Å². The van der Waals surface area contributed by atoms with Crippen LogP contribution in [-0.2, 0) is 0 Å². The molecule has 2 aromatic heterocycles. The van der Waals surface area contributed by atoms with Gasteiger partial charge in [-0.05, 0) is 32.6 Å². The predicted molar refractivity (Wildman–Crippen MR) is 72.5 cm³/mol. The molecule has 2 aromatic rings. The molecule has 7 nitrogen and oxygen atoms in total. The average molecular weight is 287 g/mol. The minimum atomic E-state index is -0.00334. The first-order valence-electron chi connectivity index (χ1n) is 7.34. The summed E-state index contributed by atoms with van der Waals surface area (Å²) in [5.41, 5.74) is 0.420. The smallest absolute Gasteiger partial charge is 0.276 e. The van der Waals surface area contributed by atoms with Crippen molar-refractivity contribution >= 4 is 5.91 Å². The number of aryl methyl sites for hydroxylation is 1. The number of hydrogen-bond donors (Lipinski definition) is 0. The van der Waals surface area contributed by atoms with Crippen molar-refractivity contribution in [3.8, 4) is 0 Å². The topological polar surface area (TPSA) is 77.1 Å². The molecule has 7 heteroatoms. The van der Waals surface area contributed by atoms with Gasteiger partial charge in [0.1, 0.15) is 5.76 Å². The number of rotatable bonds is 2. The summed E-state index contributed by atoms with van der Waals surface area (Å²) in [5.74, 6) is 0.666. The standard InChI is InChI=1S/C14H17N5O2/c1-9-6-13(16-21-9)14(20)19-10-2-3-11(19)8-12(7-10)18-5-4-15-17-18/h4-6,10-12H,2-3,7-8H2,1H3. The van der Waals surface area contributed by atoms with E-state index in [1.54, 1.807) is 19.2 Å². The van der Waals surface area contributed by atoms with Crippen LogP contribution in [0.15, 0.2) is 23.0 Å². The fourth-order valence-corrected chi connectivity index (χ4v) is 3.71. The van der Waals surface area contributed by atoms with Gasteiger partial charge in [-0.1, -0.05) is 10.4 Å². The molecule has 4 heterocycles. The molecule has 1 amide bonds. The predicted octanol–water partition coefficient (Wildman–Crippen LogP) is 1.58. The summed E-state index contributed by atoms with van der Waals surface area (Å²) in [4.78, 5) is 14.6. The van der Waals surface area contributed by atoms with Crippen molar-refractivity contribution in [3.05, 3.63) is 29.9 Å². The zero-order chi connectivity index (χ0) is 14.4. The first kappa shape index (κ1) is 12.6. The van der Waals surface area contributed by atoms with Crippen LogP contribution in [0, 0.1) is 6.92 Å². The Morgan fingerprint density at radius 3 is 2.62 bits per heavy atom. The maximum atomic E-state index is 12.6. The minimum Gasteiger partial charge on any atom is -0.361 e. The SMILES string of the molecule is Cc1cc(C(=O)N2C3CCC2CC(n2ccnn2)C3)no1. The van der Waals surface area contributed by atoms with E-state index >= 15 is 0 Å². The first-order valence-corrected chi connectivity index (χ1v) is 7.34. The summed E-state index contributed by atoms with van der Waals surface area (Å²) in [7, 11) is 0. The van der Waals surface area contributed by atoms with Crippen molar-refractivity contribution < 1.29 is 9.32 Å². The molecule has 110 valence electrons. The van der Waals surface area contributed by atoms with E-state index in [1.165, 1.54) is 0 Å². The van der Waals surface area contributed by atoms with Crippen LogP contribution in [0.2, 0.25) is 0 Å². The maximum Gasteiger partial charge on any atom is 0.276 e. The van der Waals surface area contributed by atoms with E-state index in [0.717, 1.165) is 25.7 Å². The third-order valence-electron chi connectivity index (χ3n) is 4.60. The highest BCUT2D eigenvalue weighted by atomic mass is 16.5. The van der Waals surface area contributed by atoms with E-state index in [2.05, 4.69) is 15.5 Å². The van der Waals surface area contributed by atoms with Crippen molar-refractivity contribution in [2.24, 2.45) is 0 Å². The van der Waals surface area contributed by atoms with Crippen molar-refractivity contribution in [2.75, 3.05) is 0 Å². The monoisotopic (exact) mass is 287 g/mol. The molecule has 2 aliphatic heterocycles. The Morgan fingerprint density at radius 1 is 1.29 bits per heavy atom. The van der Waals surface area contributed by atoms with Crippen LogP contribution in [0.3, 0.4) is 0 Å². The Kier molecular flexibility index (Phi) is 2.80. The van der Waals surface area contributed by atoms with Gasteiger partial charge in [-0.2, -0.15) is 0 Å². The van der Waals surface area contributed by atoms with Crippen LogP contribution < -0.4 is 0 Å². The molecule has 0 aromatic carbocycles. The summed E-state index contributed by atoms with van der Waals surface area (Å²) in [6.45, 7) is 1.80. The zero-order valence-electron chi connectivity index (χ0n) is 11.8. The summed E-state index contributed by atoms with van der Waals surface area (Å²) in [6.07, 6.45) is 7.59. The lowest BCUT2D eigenvalue weighted by Crippen LogP contribution is -2.47. The lowest BCUT2D eigenvalue weighted by molar-refractivity contribution is 0.0512. The zero-order valence-corrected chi connectivity index (χ0v) is 11.8. The second kappa shape index (κ2) is 4.68. The molecule has 2 bridgehead atoms. The number of carbonyl (C=O) groups is 1. The quantitative estimate of drug-likeness (QED) is 0.838. The number of aromatic nitrogens is 4. The highest BCUT2D eigenvalue weighted by molar-refractivity contribution is 5.93. The molecule has 2 unspecified atom stereocenters. The number of carbonyl (C=O) groups excluding carboxylic acids is 1. The molecule has 21 heavy (non-hydrogen) atoms. The van der Waals surface area contributed by atoms with Crippen molar-refractivity contribution in [1.29, 1.82) is 0 Å². The summed E-state index contributed by atoms with van der Waals surface area (Å²) in [5, 5.41) is 11.8. The fourth-order valence-electron chi connectivity index (χ4n) is 3.71. The number of amides is 1. The fraction of sp³-hybridized carbons (Fsp3) is 0.571. The lowest BCUT2D eigenvalue weighted by Gasteiger charge is -2.38. The molecular weight excluding hydrogens is 270 g/mol. The van der Waals surface area contributed by atoms with Gasteiger partial charge in [-0.3, -0.25) is 4.79 Å². The van der Waals surface area contributed by atoms with Crippen LogP contribution in [0.25, 0.3) is 0 Å². The van der Waals surface area contributed by atoms with E-state index < -0.39 is 0 Å². The van der Waals surface area contributed by atoms with Gasteiger partial charge in [0, 0.05) is 24.3 Å². The molecule has 0 radical (unpaired) electrons. The molecule has 0 saturated carbocycles. The van der Waals surface area contributed by atoms with Gasteiger partial charge in [0.05, 0.1) is 12.2 Å². The number of nitrogens with zero attached hydrogens (tertiary/aromatic N) is 5. The van der Waals surface area contributed by atoms with Crippen LogP contribution in [-0.4, -0.2) is 43.0 Å². The van der Waals surface area contributed by atoms with Crippen LogP contribution in [0.4, 0.5) is 0 Å². The molecule has 0 aliphatic carbocycles. The Morgan fingerprint density at radius 2 is 2.05 bits per heavy atom. The van der Waals surface area contributed by atoms with E-state index in [0.29, 0.717) is 17.5 Å². The van der Waals surface area contributed by atoms with Crippen LogP contribution in [0.1, 0.15) is 48.0 Å². The average Bonchev–Trinajstić information content (AvgIpc) is 3.18. The number of hydrogen-bond acceptors (Lipinski definition) is 5. The Hall–Kier alpha value is -2.18.